The Hall–Kier alpha value is -0.120. The van der Waals surface area contributed by atoms with Crippen molar-refractivity contribution in [3.63, 3.8) is 0 Å². The summed E-state index contributed by atoms with van der Waals surface area (Å²) in [5, 5.41) is 2.21. The van der Waals surface area contributed by atoms with Gasteiger partial charge >= 0.3 is 0 Å². The van der Waals surface area contributed by atoms with Crippen LogP contribution in [0.1, 0.15) is 40.9 Å². The summed E-state index contributed by atoms with van der Waals surface area (Å²) in [6.07, 6.45) is 2.16. The molecule has 0 spiro atoms. The monoisotopic (exact) mass is 386 g/mol. The van der Waals surface area contributed by atoms with Gasteiger partial charge in [0.2, 0.25) is 0 Å². The Morgan fingerprint density at radius 3 is 2.50 bits per heavy atom. The molecule has 1 aromatic heterocycles. The number of benzene rings is 1. The van der Waals surface area contributed by atoms with Crippen LogP contribution < -0.4 is 0 Å². The van der Waals surface area contributed by atoms with Gasteiger partial charge in [-0.05, 0) is 62.5 Å². The van der Waals surface area contributed by atoms with E-state index in [0.29, 0.717) is 4.83 Å². The van der Waals surface area contributed by atoms with Crippen molar-refractivity contribution in [1.82, 2.24) is 0 Å². The van der Waals surface area contributed by atoms with E-state index < -0.39 is 0 Å². The third-order valence-electron chi connectivity index (χ3n) is 3.15. The molecule has 1 aromatic carbocycles. The standard InChI is InChI=1S/C15H16Br2S/c1-3-10-5-6-11(4-2)13(7-10)15(17)12-8-14(16)18-9-12/h5-9,15H,3-4H2,1-2H3. The first-order chi connectivity index (χ1) is 8.65. The fourth-order valence-electron chi connectivity index (χ4n) is 2.06. The lowest BCUT2D eigenvalue weighted by atomic mass is 9.96. The summed E-state index contributed by atoms with van der Waals surface area (Å²) in [5.74, 6) is 0. The largest absolute Gasteiger partial charge is 0.136 e. The minimum atomic E-state index is 0.293. The van der Waals surface area contributed by atoms with E-state index in [4.69, 9.17) is 0 Å². The van der Waals surface area contributed by atoms with E-state index in [2.05, 4.69) is 75.4 Å². The molecule has 0 fully saturated rings. The Bertz CT molecular complexity index is 531. The van der Waals surface area contributed by atoms with Gasteiger partial charge in [-0.15, -0.1) is 11.3 Å². The van der Waals surface area contributed by atoms with Crippen molar-refractivity contribution in [1.29, 1.82) is 0 Å². The Morgan fingerprint density at radius 1 is 1.17 bits per heavy atom. The van der Waals surface area contributed by atoms with Crippen molar-refractivity contribution >= 4 is 43.2 Å². The van der Waals surface area contributed by atoms with Gasteiger partial charge in [0.1, 0.15) is 0 Å². The van der Waals surface area contributed by atoms with E-state index in [1.165, 1.54) is 26.0 Å². The van der Waals surface area contributed by atoms with Crippen LogP contribution in [0.15, 0.2) is 33.4 Å². The van der Waals surface area contributed by atoms with E-state index in [-0.39, 0.29) is 0 Å². The van der Waals surface area contributed by atoms with Gasteiger partial charge < -0.3 is 0 Å². The van der Waals surface area contributed by atoms with Crippen LogP contribution in [0.4, 0.5) is 0 Å². The molecule has 0 N–H and O–H groups in total. The van der Waals surface area contributed by atoms with Gasteiger partial charge in [-0.1, -0.05) is 48.0 Å². The molecule has 1 unspecified atom stereocenters. The van der Waals surface area contributed by atoms with E-state index in [9.17, 15) is 0 Å². The van der Waals surface area contributed by atoms with Crippen LogP contribution in [0.25, 0.3) is 0 Å². The van der Waals surface area contributed by atoms with Gasteiger partial charge in [0.15, 0.2) is 0 Å². The number of alkyl halides is 1. The highest BCUT2D eigenvalue weighted by atomic mass is 79.9. The molecule has 0 nitrogen and oxygen atoms in total. The second kappa shape index (κ2) is 6.36. The zero-order chi connectivity index (χ0) is 13.1. The number of rotatable bonds is 4. The van der Waals surface area contributed by atoms with Crippen LogP contribution in [0, 0.1) is 0 Å². The first-order valence-electron chi connectivity index (χ1n) is 6.15. The lowest BCUT2D eigenvalue weighted by molar-refractivity contribution is 1.03. The maximum Gasteiger partial charge on any atom is 0.0701 e. The lowest BCUT2D eigenvalue weighted by Crippen LogP contribution is -1.98. The molecule has 2 rings (SSSR count). The summed E-state index contributed by atoms with van der Waals surface area (Å²) < 4.78 is 1.19. The van der Waals surface area contributed by atoms with Crippen molar-refractivity contribution < 1.29 is 0 Å². The SMILES string of the molecule is CCc1ccc(CC)c(C(Br)c2csc(Br)c2)c1. The lowest BCUT2D eigenvalue weighted by Gasteiger charge is -2.15. The molecular weight excluding hydrogens is 372 g/mol. The number of halogens is 2. The second-order valence-corrected chi connectivity index (χ2v) is 7.49. The third-order valence-corrected chi connectivity index (χ3v) is 5.70. The number of aryl methyl sites for hydroxylation is 2. The van der Waals surface area contributed by atoms with Crippen LogP contribution >= 0.6 is 43.2 Å². The van der Waals surface area contributed by atoms with Crippen LogP contribution in [-0.2, 0) is 12.8 Å². The maximum atomic E-state index is 3.85. The van der Waals surface area contributed by atoms with Crippen molar-refractivity contribution in [2.24, 2.45) is 0 Å². The van der Waals surface area contributed by atoms with E-state index >= 15 is 0 Å². The van der Waals surface area contributed by atoms with Gasteiger partial charge in [0, 0.05) is 0 Å². The topological polar surface area (TPSA) is 0 Å². The summed E-state index contributed by atoms with van der Waals surface area (Å²) in [7, 11) is 0. The van der Waals surface area contributed by atoms with Crippen LogP contribution in [0.5, 0.6) is 0 Å². The average molecular weight is 388 g/mol. The van der Waals surface area contributed by atoms with Gasteiger partial charge in [-0.25, -0.2) is 0 Å². The molecule has 0 saturated carbocycles. The van der Waals surface area contributed by atoms with Crippen molar-refractivity contribution in [2.75, 3.05) is 0 Å². The smallest absolute Gasteiger partial charge is 0.0701 e. The summed E-state index contributed by atoms with van der Waals surface area (Å²) in [5.41, 5.74) is 5.56. The Morgan fingerprint density at radius 2 is 1.94 bits per heavy atom. The zero-order valence-corrected chi connectivity index (χ0v) is 14.5. The molecular formula is C15H16Br2S. The molecule has 1 heterocycles. The number of thiophene rings is 1. The summed E-state index contributed by atoms with van der Waals surface area (Å²) in [6.45, 7) is 4.42. The van der Waals surface area contributed by atoms with Crippen LogP contribution in [0.2, 0.25) is 0 Å². The first kappa shape index (κ1) is 14.3. The summed E-state index contributed by atoms with van der Waals surface area (Å²) >= 11 is 9.12. The van der Waals surface area contributed by atoms with E-state index in [0.717, 1.165) is 12.8 Å². The van der Waals surface area contributed by atoms with Gasteiger partial charge in [0.05, 0.1) is 8.61 Å². The predicted molar refractivity (Wildman–Crippen MR) is 88.0 cm³/mol. The normalized spacial score (nSPS) is 12.7. The van der Waals surface area contributed by atoms with Crippen LogP contribution in [-0.4, -0.2) is 0 Å². The molecule has 0 aliphatic rings. The molecule has 0 saturated heterocycles. The Labute approximate surface area is 130 Å². The zero-order valence-electron chi connectivity index (χ0n) is 10.5. The fraction of sp³-hybridized carbons (Fsp3) is 0.333. The first-order valence-corrected chi connectivity index (χ1v) is 8.74. The van der Waals surface area contributed by atoms with Gasteiger partial charge in [-0.3, -0.25) is 0 Å². The maximum absolute atomic E-state index is 3.85. The molecule has 0 aliphatic carbocycles. The Balaban J connectivity index is 2.41. The fourth-order valence-corrected chi connectivity index (χ4v) is 4.13. The summed E-state index contributed by atoms with van der Waals surface area (Å²) in [4.78, 5) is 0.293. The molecule has 0 amide bonds. The Kier molecular flexibility index (Phi) is 5.05. The third kappa shape index (κ3) is 3.06. The molecule has 3 heteroatoms. The molecule has 1 atom stereocenters. The van der Waals surface area contributed by atoms with Crippen molar-refractivity contribution in [2.45, 2.75) is 31.5 Å². The minimum Gasteiger partial charge on any atom is -0.136 e. The van der Waals surface area contributed by atoms with E-state index in [1.54, 1.807) is 11.3 Å². The van der Waals surface area contributed by atoms with Crippen LogP contribution in [0.3, 0.4) is 0 Å². The highest BCUT2D eigenvalue weighted by Gasteiger charge is 2.15. The number of hydrogen-bond donors (Lipinski definition) is 0. The molecule has 96 valence electrons. The van der Waals surface area contributed by atoms with Crippen molar-refractivity contribution in [3.8, 4) is 0 Å². The highest BCUT2D eigenvalue weighted by Crippen LogP contribution is 2.37. The molecule has 0 aliphatic heterocycles. The highest BCUT2D eigenvalue weighted by molar-refractivity contribution is 9.11. The summed E-state index contributed by atoms with van der Waals surface area (Å²) in [6, 6.07) is 9.04. The minimum absolute atomic E-state index is 0.293. The molecule has 2 aromatic rings. The predicted octanol–water partition coefficient (Wildman–Crippen LogP) is 6.12. The molecule has 18 heavy (non-hydrogen) atoms. The average Bonchev–Trinajstić information content (AvgIpc) is 2.83. The van der Waals surface area contributed by atoms with Crippen molar-refractivity contribution in [3.05, 3.63) is 55.7 Å². The van der Waals surface area contributed by atoms with Gasteiger partial charge in [0.25, 0.3) is 0 Å². The van der Waals surface area contributed by atoms with E-state index in [1.807, 2.05) is 0 Å². The quantitative estimate of drug-likeness (QED) is 0.554. The van der Waals surface area contributed by atoms with Gasteiger partial charge in [-0.2, -0.15) is 0 Å². The number of hydrogen-bond acceptors (Lipinski definition) is 1. The molecule has 0 bridgehead atoms. The second-order valence-electron chi connectivity index (χ2n) is 4.29. The molecule has 0 radical (unpaired) electrons.